The van der Waals surface area contributed by atoms with Crippen LogP contribution in [0.25, 0.3) is 11.0 Å². The second kappa shape index (κ2) is 2.85. The third-order valence-electron chi connectivity index (χ3n) is 1.65. The molecule has 0 amide bonds. The predicted octanol–water partition coefficient (Wildman–Crippen LogP) is 2.52. The van der Waals surface area contributed by atoms with Crippen molar-refractivity contribution >= 4 is 45.2 Å². The van der Waals surface area contributed by atoms with Crippen molar-refractivity contribution in [3.8, 4) is 0 Å². The molecule has 2 aromatic heterocycles. The molecule has 12 heavy (non-hydrogen) atoms. The molecule has 0 unspecified atom stereocenters. The number of rotatable bonds is 0. The third kappa shape index (κ3) is 1.19. The van der Waals surface area contributed by atoms with E-state index in [2.05, 4.69) is 37.8 Å². The van der Waals surface area contributed by atoms with Gasteiger partial charge in [0.25, 0.3) is 0 Å². The van der Waals surface area contributed by atoms with Crippen molar-refractivity contribution in [1.82, 2.24) is 15.2 Å². The molecule has 2 heterocycles. The van der Waals surface area contributed by atoms with Gasteiger partial charge in [-0.05, 0) is 41.1 Å². The number of aromatic amines is 1. The second-order valence-electron chi connectivity index (χ2n) is 2.50. The topological polar surface area (TPSA) is 41.6 Å². The number of halogens is 2. The molecule has 0 fully saturated rings. The number of fused-ring (bicyclic) bond motifs is 1. The van der Waals surface area contributed by atoms with Crippen LogP contribution in [0, 0.1) is 10.6 Å². The molecule has 5 heteroatoms. The molecular weight excluding hydrogens is 288 g/mol. The van der Waals surface area contributed by atoms with Crippen LogP contribution in [-0.4, -0.2) is 15.2 Å². The van der Waals surface area contributed by atoms with Crippen LogP contribution in [0.2, 0.25) is 5.15 Å². The second-order valence-corrected chi connectivity index (χ2v) is 3.96. The summed E-state index contributed by atoms with van der Waals surface area (Å²) < 4.78 is 1.00. The largest absolute Gasteiger partial charge is 0.269 e. The molecule has 0 bridgehead atoms. The molecule has 0 aliphatic heterocycles. The lowest BCUT2D eigenvalue weighted by molar-refractivity contribution is 1.08. The highest BCUT2D eigenvalue weighted by atomic mass is 127. The van der Waals surface area contributed by atoms with Crippen LogP contribution in [0.1, 0.15) is 5.56 Å². The first-order chi connectivity index (χ1) is 5.68. The summed E-state index contributed by atoms with van der Waals surface area (Å²) in [5.74, 6) is 0. The first-order valence-electron chi connectivity index (χ1n) is 3.35. The van der Waals surface area contributed by atoms with Crippen molar-refractivity contribution in [3.05, 3.63) is 20.5 Å². The average molecular weight is 293 g/mol. The number of hydrogen-bond donors (Lipinski definition) is 1. The van der Waals surface area contributed by atoms with Crippen LogP contribution in [0.4, 0.5) is 0 Å². The van der Waals surface area contributed by atoms with Crippen molar-refractivity contribution in [1.29, 1.82) is 0 Å². The lowest BCUT2D eigenvalue weighted by Gasteiger charge is -1.95. The monoisotopic (exact) mass is 293 g/mol. The summed E-state index contributed by atoms with van der Waals surface area (Å²) in [5.41, 5.74) is 1.78. The summed E-state index contributed by atoms with van der Waals surface area (Å²) in [4.78, 5) is 4.08. The number of H-pyrrole nitrogens is 1. The Labute approximate surface area is 87.7 Å². The highest BCUT2D eigenvalue weighted by Gasteiger charge is 2.07. The molecule has 62 valence electrons. The molecule has 1 N–H and O–H groups in total. The lowest BCUT2D eigenvalue weighted by Crippen LogP contribution is -1.82. The molecule has 2 rings (SSSR count). The van der Waals surface area contributed by atoms with Gasteiger partial charge in [0.15, 0.2) is 5.65 Å². The minimum atomic E-state index is 0.489. The smallest absolute Gasteiger partial charge is 0.183 e. The van der Waals surface area contributed by atoms with Gasteiger partial charge in [-0.2, -0.15) is 5.10 Å². The van der Waals surface area contributed by atoms with E-state index in [0.29, 0.717) is 10.8 Å². The maximum Gasteiger partial charge on any atom is 0.183 e. The van der Waals surface area contributed by atoms with Crippen LogP contribution in [-0.2, 0) is 0 Å². The molecule has 3 nitrogen and oxygen atoms in total. The summed E-state index contributed by atoms with van der Waals surface area (Å²) in [5, 5.41) is 8.42. The van der Waals surface area contributed by atoms with E-state index in [-0.39, 0.29) is 0 Å². The Bertz CT molecular complexity index is 437. The standard InChI is InChI=1S/C7H5ClIN3/c1-3-2-4(8)10-7-5(3)6(9)11-12-7/h2H,1H3,(H,10,11,12). The highest BCUT2D eigenvalue weighted by Crippen LogP contribution is 2.22. The Hall–Kier alpha value is -0.360. The van der Waals surface area contributed by atoms with Gasteiger partial charge in [-0.1, -0.05) is 11.6 Å². The minimum absolute atomic E-state index is 0.489. The quantitative estimate of drug-likeness (QED) is 0.599. The van der Waals surface area contributed by atoms with Crippen molar-refractivity contribution in [3.63, 3.8) is 0 Å². The zero-order chi connectivity index (χ0) is 8.72. The molecule has 0 saturated carbocycles. The minimum Gasteiger partial charge on any atom is -0.269 e. The molecule has 0 aliphatic rings. The van der Waals surface area contributed by atoms with Gasteiger partial charge in [0.05, 0.1) is 5.39 Å². The van der Waals surface area contributed by atoms with E-state index in [0.717, 1.165) is 14.7 Å². The number of aromatic nitrogens is 3. The van der Waals surface area contributed by atoms with Crippen LogP contribution >= 0.6 is 34.2 Å². The van der Waals surface area contributed by atoms with Gasteiger partial charge in [0.2, 0.25) is 0 Å². The molecule has 0 radical (unpaired) electrons. The van der Waals surface area contributed by atoms with E-state index in [1.807, 2.05) is 13.0 Å². The average Bonchev–Trinajstić information content (AvgIpc) is 2.31. The van der Waals surface area contributed by atoms with Gasteiger partial charge in [-0.15, -0.1) is 0 Å². The SMILES string of the molecule is Cc1cc(Cl)nc2n[nH]c(I)c12. The third-order valence-corrected chi connectivity index (χ3v) is 2.62. The van der Waals surface area contributed by atoms with Crippen LogP contribution in [0.5, 0.6) is 0 Å². The Morgan fingerprint density at radius 1 is 1.58 bits per heavy atom. The highest BCUT2D eigenvalue weighted by molar-refractivity contribution is 14.1. The fraction of sp³-hybridized carbons (Fsp3) is 0.143. The Kier molecular flexibility index (Phi) is 1.96. The molecular formula is C7H5ClIN3. The summed E-state index contributed by atoms with van der Waals surface area (Å²) >= 11 is 7.96. The van der Waals surface area contributed by atoms with Crippen LogP contribution < -0.4 is 0 Å². The number of nitrogens with zero attached hydrogens (tertiary/aromatic N) is 2. The maximum absolute atomic E-state index is 5.77. The van der Waals surface area contributed by atoms with Gasteiger partial charge < -0.3 is 0 Å². The van der Waals surface area contributed by atoms with Gasteiger partial charge in [0.1, 0.15) is 8.85 Å². The Balaban J connectivity index is 2.93. The van der Waals surface area contributed by atoms with Crippen molar-refractivity contribution in [2.45, 2.75) is 6.92 Å². The van der Waals surface area contributed by atoms with Crippen LogP contribution in [0.15, 0.2) is 6.07 Å². The Morgan fingerprint density at radius 2 is 2.33 bits per heavy atom. The summed E-state index contributed by atoms with van der Waals surface area (Å²) in [7, 11) is 0. The molecule has 2 aromatic rings. The van der Waals surface area contributed by atoms with E-state index < -0.39 is 0 Å². The first kappa shape index (κ1) is 8.25. The number of aryl methyl sites for hydroxylation is 1. The predicted molar refractivity (Wildman–Crippen MR) is 56.4 cm³/mol. The van der Waals surface area contributed by atoms with Gasteiger partial charge in [0, 0.05) is 0 Å². The molecule has 0 aliphatic carbocycles. The Morgan fingerprint density at radius 3 is 3.08 bits per heavy atom. The maximum atomic E-state index is 5.77. The van der Waals surface area contributed by atoms with E-state index in [9.17, 15) is 0 Å². The zero-order valence-electron chi connectivity index (χ0n) is 6.23. The molecule has 0 spiro atoms. The molecule has 0 atom stereocenters. The summed E-state index contributed by atoms with van der Waals surface area (Å²) in [6.45, 7) is 1.99. The van der Waals surface area contributed by atoms with E-state index in [1.165, 1.54) is 0 Å². The number of pyridine rings is 1. The summed E-state index contributed by atoms with van der Waals surface area (Å²) in [6.07, 6.45) is 0. The molecule has 0 saturated heterocycles. The normalized spacial score (nSPS) is 10.9. The van der Waals surface area contributed by atoms with Crippen molar-refractivity contribution in [2.75, 3.05) is 0 Å². The van der Waals surface area contributed by atoms with Gasteiger partial charge in [-0.25, -0.2) is 4.98 Å². The first-order valence-corrected chi connectivity index (χ1v) is 4.81. The number of hydrogen-bond acceptors (Lipinski definition) is 2. The van der Waals surface area contributed by atoms with E-state index in [4.69, 9.17) is 11.6 Å². The molecule has 0 aromatic carbocycles. The van der Waals surface area contributed by atoms with Crippen molar-refractivity contribution < 1.29 is 0 Å². The number of nitrogens with one attached hydrogen (secondary N) is 1. The lowest BCUT2D eigenvalue weighted by atomic mass is 10.2. The van der Waals surface area contributed by atoms with E-state index in [1.54, 1.807) is 0 Å². The van der Waals surface area contributed by atoms with Crippen molar-refractivity contribution in [2.24, 2.45) is 0 Å². The van der Waals surface area contributed by atoms with Gasteiger partial charge >= 0.3 is 0 Å². The zero-order valence-corrected chi connectivity index (χ0v) is 9.14. The van der Waals surface area contributed by atoms with E-state index >= 15 is 0 Å². The summed E-state index contributed by atoms with van der Waals surface area (Å²) in [6, 6.07) is 1.83. The fourth-order valence-corrected chi connectivity index (χ4v) is 2.16. The fourth-order valence-electron chi connectivity index (χ4n) is 1.13. The van der Waals surface area contributed by atoms with Gasteiger partial charge in [-0.3, -0.25) is 5.10 Å². The van der Waals surface area contributed by atoms with Crippen LogP contribution in [0.3, 0.4) is 0 Å².